The SMILES string of the molecule is CC(C)=CCCC(C)CC(O)CC#CCOCc1ccccc1. The van der Waals surface area contributed by atoms with Gasteiger partial charge in [-0.15, -0.1) is 0 Å². The Bertz CT molecular complexity index is 504. The fraction of sp³-hybridized carbons (Fsp3) is 0.524. The summed E-state index contributed by atoms with van der Waals surface area (Å²) < 4.78 is 5.50. The number of benzene rings is 1. The second-order valence-corrected chi connectivity index (χ2v) is 6.39. The van der Waals surface area contributed by atoms with Crippen LogP contribution in [-0.2, 0) is 11.3 Å². The van der Waals surface area contributed by atoms with Crippen LogP contribution in [0.4, 0.5) is 0 Å². The predicted octanol–water partition coefficient (Wildman–Crippen LogP) is 4.73. The molecule has 2 unspecified atom stereocenters. The molecule has 1 rings (SSSR count). The normalized spacial score (nSPS) is 12.9. The highest BCUT2D eigenvalue weighted by Gasteiger charge is 2.08. The van der Waals surface area contributed by atoms with Crippen LogP contribution in [-0.4, -0.2) is 17.8 Å². The maximum Gasteiger partial charge on any atom is 0.108 e. The van der Waals surface area contributed by atoms with Gasteiger partial charge in [0.1, 0.15) is 6.61 Å². The Morgan fingerprint density at radius 2 is 1.96 bits per heavy atom. The van der Waals surface area contributed by atoms with Gasteiger partial charge < -0.3 is 9.84 Å². The second kappa shape index (κ2) is 11.9. The molecular weight excluding hydrogens is 284 g/mol. The number of aliphatic hydroxyl groups excluding tert-OH is 1. The van der Waals surface area contributed by atoms with Gasteiger partial charge in [-0.25, -0.2) is 0 Å². The smallest absolute Gasteiger partial charge is 0.108 e. The third-order valence-electron chi connectivity index (χ3n) is 3.63. The summed E-state index contributed by atoms with van der Waals surface area (Å²) in [4.78, 5) is 0. The Hall–Kier alpha value is -1.56. The van der Waals surface area contributed by atoms with E-state index in [9.17, 15) is 5.11 Å². The van der Waals surface area contributed by atoms with Crippen LogP contribution >= 0.6 is 0 Å². The van der Waals surface area contributed by atoms with Crippen molar-refractivity contribution in [3.63, 3.8) is 0 Å². The lowest BCUT2D eigenvalue weighted by Gasteiger charge is -2.13. The van der Waals surface area contributed by atoms with E-state index in [1.165, 1.54) is 5.57 Å². The molecule has 0 heterocycles. The average molecular weight is 314 g/mol. The number of ether oxygens (including phenoxy) is 1. The first-order chi connectivity index (χ1) is 11.1. The summed E-state index contributed by atoms with van der Waals surface area (Å²) in [7, 11) is 0. The Kier molecular flexibility index (Phi) is 10.1. The summed E-state index contributed by atoms with van der Waals surface area (Å²) in [6.07, 6.45) is 5.48. The molecule has 0 spiro atoms. The van der Waals surface area contributed by atoms with Crippen LogP contribution < -0.4 is 0 Å². The van der Waals surface area contributed by atoms with E-state index >= 15 is 0 Å². The van der Waals surface area contributed by atoms with Crippen LogP contribution in [0.2, 0.25) is 0 Å². The van der Waals surface area contributed by atoms with E-state index in [2.05, 4.69) is 38.7 Å². The molecule has 0 aliphatic rings. The van der Waals surface area contributed by atoms with E-state index in [0.29, 0.717) is 25.6 Å². The van der Waals surface area contributed by atoms with Crippen LogP contribution in [0.5, 0.6) is 0 Å². The largest absolute Gasteiger partial charge is 0.392 e. The van der Waals surface area contributed by atoms with E-state index in [0.717, 1.165) is 24.8 Å². The highest BCUT2D eigenvalue weighted by atomic mass is 16.5. The molecule has 0 aliphatic carbocycles. The maximum absolute atomic E-state index is 10.0. The van der Waals surface area contributed by atoms with Gasteiger partial charge in [-0.3, -0.25) is 0 Å². The lowest BCUT2D eigenvalue weighted by atomic mass is 9.96. The van der Waals surface area contributed by atoms with Crippen molar-refractivity contribution in [1.29, 1.82) is 0 Å². The fourth-order valence-corrected chi connectivity index (χ4v) is 2.36. The highest BCUT2D eigenvalue weighted by molar-refractivity contribution is 5.13. The minimum atomic E-state index is -0.335. The number of hydrogen-bond donors (Lipinski definition) is 1. The predicted molar refractivity (Wildman–Crippen MR) is 96.9 cm³/mol. The van der Waals surface area contributed by atoms with Gasteiger partial charge in [0.25, 0.3) is 0 Å². The summed E-state index contributed by atoms with van der Waals surface area (Å²) >= 11 is 0. The van der Waals surface area contributed by atoms with E-state index in [1.807, 2.05) is 30.3 Å². The molecule has 126 valence electrons. The summed E-state index contributed by atoms with van der Waals surface area (Å²) in [6, 6.07) is 10.1. The van der Waals surface area contributed by atoms with Crippen LogP contribution in [0, 0.1) is 17.8 Å². The number of hydrogen-bond acceptors (Lipinski definition) is 2. The summed E-state index contributed by atoms with van der Waals surface area (Å²) in [6.45, 7) is 7.43. The molecule has 2 atom stereocenters. The molecule has 2 nitrogen and oxygen atoms in total. The Morgan fingerprint density at radius 3 is 2.65 bits per heavy atom. The lowest BCUT2D eigenvalue weighted by Crippen LogP contribution is -2.10. The number of aliphatic hydroxyl groups is 1. The molecule has 2 heteroatoms. The molecule has 1 N–H and O–H groups in total. The molecule has 0 aromatic heterocycles. The Morgan fingerprint density at radius 1 is 1.22 bits per heavy atom. The zero-order chi connectivity index (χ0) is 16.9. The van der Waals surface area contributed by atoms with Gasteiger partial charge in [0, 0.05) is 6.42 Å². The van der Waals surface area contributed by atoms with Crippen molar-refractivity contribution in [3.8, 4) is 11.8 Å². The van der Waals surface area contributed by atoms with Crippen LogP contribution in [0.3, 0.4) is 0 Å². The van der Waals surface area contributed by atoms with Gasteiger partial charge in [-0.2, -0.15) is 0 Å². The Balaban J connectivity index is 2.11. The molecule has 0 aliphatic heterocycles. The fourth-order valence-electron chi connectivity index (χ4n) is 2.36. The number of rotatable bonds is 9. The third-order valence-corrected chi connectivity index (χ3v) is 3.63. The maximum atomic E-state index is 10.0. The zero-order valence-electron chi connectivity index (χ0n) is 14.7. The Labute approximate surface area is 141 Å². The van der Waals surface area contributed by atoms with Gasteiger partial charge in [-0.05, 0) is 44.6 Å². The lowest BCUT2D eigenvalue weighted by molar-refractivity contribution is 0.147. The molecule has 0 bridgehead atoms. The van der Waals surface area contributed by atoms with Crippen molar-refractivity contribution in [2.45, 2.75) is 59.2 Å². The minimum absolute atomic E-state index is 0.335. The van der Waals surface area contributed by atoms with Crippen molar-refractivity contribution in [1.82, 2.24) is 0 Å². The van der Waals surface area contributed by atoms with Gasteiger partial charge in [0.15, 0.2) is 0 Å². The van der Waals surface area contributed by atoms with Gasteiger partial charge in [0.2, 0.25) is 0 Å². The average Bonchev–Trinajstić information content (AvgIpc) is 2.51. The van der Waals surface area contributed by atoms with Crippen LogP contribution in [0.15, 0.2) is 42.0 Å². The van der Waals surface area contributed by atoms with Gasteiger partial charge in [0.05, 0.1) is 12.7 Å². The number of allylic oxidation sites excluding steroid dienone is 2. The summed E-state index contributed by atoms with van der Waals surface area (Å²) in [5.74, 6) is 6.52. The zero-order valence-corrected chi connectivity index (χ0v) is 14.7. The summed E-state index contributed by atoms with van der Waals surface area (Å²) in [5, 5.41) is 10.0. The van der Waals surface area contributed by atoms with Crippen molar-refractivity contribution >= 4 is 0 Å². The molecule has 0 radical (unpaired) electrons. The summed E-state index contributed by atoms with van der Waals surface area (Å²) in [5.41, 5.74) is 2.51. The monoisotopic (exact) mass is 314 g/mol. The third kappa shape index (κ3) is 10.7. The molecule has 1 aromatic rings. The van der Waals surface area contributed by atoms with Crippen molar-refractivity contribution < 1.29 is 9.84 Å². The van der Waals surface area contributed by atoms with Crippen LogP contribution in [0.25, 0.3) is 0 Å². The molecule has 23 heavy (non-hydrogen) atoms. The van der Waals surface area contributed by atoms with Gasteiger partial charge >= 0.3 is 0 Å². The molecule has 0 saturated heterocycles. The molecule has 1 aromatic carbocycles. The van der Waals surface area contributed by atoms with Crippen molar-refractivity contribution in [2.24, 2.45) is 5.92 Å². The second-order valence-electron chi connectivity index (χ2n) is 6.39. The first-order valence-corrected chi connectivity index (χ1v) is 8.46. The van der Waals surface area contributed by atoms with E-state index in [-0.39, 0.29) is 6.10 Å². The van der Waals surface area contributed by atoms with Crippen LogP contribution in [0.1, 0.15) is 52.0 Å². The first-order valence-electron chi connectivity index (χ1n) is 8.46. The highest BCUT2D eigenvalue weighted by Crippen LogP contribution is 2.15. The topological polar surface area (TPSA) is 29.5 Å². The van der Waals surface area contributed by atoms with E-state index in [1.54, 1.807) is 0 Å². The molecule has 0 saturated carbocycles. The molecular formula is C21H30O2. The van der Waals surface area contributed by atoms with E-state index in [4.69, 9.17) is 4.74 Å². The van der Waals surface area contributed by atoms with Crippen molar-refractivity contribution in [2.75, 3.05) is 6.61 Å². The standard InChI is InChI=1S/C21H30O2/c1-18(2)10-9-11-19(3)16-21(22)14-7-8-15-23-17-20-12-5-4-6-13-20/h4-6,10,12-13,19,21-22H,9,11,14-17H2,1-3H3. The first kappa shape index (κ1) is 19.5. The molecule has 0 fully saturated rings. The van der Waals surface area contributed by atoms with Crippen molar-refractivity contribution in [3.05, 3.63) is 47.5 Å². The van der Waals surface area contributed by atoms with Gasteiger partial charge in [-0.1, -0.05) is 60.7 Å². The minimum Gasteiger partial charge on any atom is -0.392 e. The molecule has 0 amide bonds. The van der Waals surface area contributed by atoms with E-state index < -0.39 is 0 Å². The quantitative estimate of drug-likeness (QED) is 0.405.